The maximum Gasteiger partial charge on any atom is 0.232 e. The van der Waals surface area contributed by atoms with Gasteiger partial charge in [0.15, 0.2) is 0 Å². The van der Waals surface area contributed by atoms with Crippen molar-refractivity contribution in [3.63, 3.8) is 0 Å². The SMILES string of the molecule is CCCC(C(=O)N1CCC(CNC(C)=O)CC1)C(N)=S. The van der Waals surface area contributed by atoms with E-state index in [0.29, 0.717) is 17.5 Å². The molecule has 0 aromatic carbocycles. The van der Waals surface area contributed by atoms with Crippen LogP contribution >= 0.6 is 12.2 Å². The Kier molecular flexibility index (Phi) is 6.91. The van der Waals surface area contributed by atoms with E-state index in [1.165, 1.54) is 6.92 Å². The Balaban J connectivity index is 2.45. The fourth-order valence-electron chi connectivity index (χ4n) is 2.54. The number of thiocarbonyl (C=S) groups is 1. The first-order chi connectivity index (χ1) is 9.45. The van der Waals surface area contributed by atoms with Gasteiger partial charge in [-0.2, -0.15) is 0 Å². The second-order valence-corrected chi connectivity index (χ2v) is 5.92. The average molecular weight is 299 g/mol. The number of hydrogen-bond acceptors (Lipinski definition) is 3. The zero-order valence-corrected chi connectivity index (χ0v) is 13.2. The van der Waals surface area contributed by atoms with Crippen molar-refractivity contribution in [3.05, 3.63) is 0 Å². The average Bonchev–Trinajstić information content (AvgIpc) is 2.42. The van der Waals surface area contributed by atoms with Gasteiger partial charge in [0.05, 0.1) is 10.9 Å². The quantitative estimate of drug-likeness (QED) is 0.719. The summed E-state index contributed by atoms with van der Waals surface area (Å²) in [6.45, 7) is 5.71. The molecule has 1 saturated heterocycles. The van der Waals surface area contributed by atoms with Crippen molar-refractivity contribution in [3.8, 4) is 0 Å². The van der Waals surface area contributed by atoms with Crippen molar-refractivity contribution in [1.29, 1.82) is 0 Å². The van der Waals surface area contributed by atoms with Gasteiger partial charge >= 0.3 is 0 Å². The highest BCUT2D eigenvalue weighted by molar-refractivity contribution is 7.80. The van der Waals surface area contributed by atoms with Crippen LogP contribution in [0.2, 0.25) is 0 Å². The van der Waals surface area contributed by atoms with Crippen molar-refractivity contribution in [2.45, 2.75) is 39.5 Å². The summed E-state index contributed by atoms with van der Waals surface area (Å²) < 4.78 is 0. The molecule has 1 unspecified atom stereocenters. The number of carbonyl (C=O) groups is 2. The third kappa shape index (κ3) is 5.07. The Hall–Kier alpha value is -1.17. The molecule has 20 heavy (non-hydrogen) atoms. The molecule has 5 nitrogen and oxygen atoms in total. The van der Waals surface area contributed by atoms with E-state index in [4.69, 9.17) is 18.0 Å². The van der Waals surface area contributed by atoms with E-state index in [2.05, 4.69) is 5.32 Å². The van der Waals surface area contributed by atoms with Crippen LogP contribution < -0.4 is 11.1 Å². The summed E-state index contributed by atoms with van der Waals surface area (Å²) >= 11 is 5.00. The van der Waals surface area contributed by atoms with Crippen LogP contribution in [-0.4, -0.2) is 41.3 Å². The van der Waals surface area contributed by atoms with Crippen molar-refractivity contribution in [1.82, 2.24) is 10.2 Å². The molecular weight excluding hydrogens is 274 g/mol. The van der Waals surface area contributed by atoms with Gasteiger partial charge in [-0.05, 0) is 25.2 Å². The number of nitrogens with zero attached hydrogens (tertiary/aromatic N) is 1. The highest BCUT2D eigenvalue weighted by Gasteiger charge is 2.29. The van der Waals surface area contributed by atoms with E-state index in [1.54, 1.807) is 0 Å². The molecule has 0 aliphatic carbocycles. The Morgan fingerprint density at radius 2 is 2.00 bits per heavy atom. The lowest BCUT2D eigenvalue weighted by Gasteiger charge is -2.34. The Labute approximate surface area is 126 Å². The summed E-state index contributed by atoms with van der Waals surface area (Å²) in [6, 6.07) is 0. The maximum absolute atomic E-state index is 12.4. The maximum atomic E-state index is 12.4. The molecule has 1 rings (SSSR count). The van der Waals surface area contributed by atoms with Crippen LogP contribution in [0.15, 0.2) is 0 Å². The van der Waals surface area contributed by atoms with Gasteiger partial charge in [0.25, 0.3) is 0 Å². The monoisotopic (exact) mass is 299 g/mol. The van der Waals surface area contributed by atoms with Crippen molar-refractivity contribution in [2.24, 2.45) is 17.6 Å². The first-order valence-electron chi connectivity index (χ1n) is 7.28. The minimum Gasteiger partial charge on any atom is -0.393 e. The lowest BCUT2D eigenvalue weighted by Crippen LogP contribution is -2.46. The van der Waals surface area contributed by atoms with Gasteiger partial charge in [0, 0.05) is 26.6 Å². The van der Waals surface area contributed by atoms with Crippen LogP contribution in [0.1, 0.15) is 39.5 Å². The topological polar surface area (TPSA) is 75.4 Å². The van der Waals surface area contributed by atoms with Gasteiger partial charge in [-0.3, -0.25) is 9.59 Å². The summed E-state index contributed by atoms with van der Waals surface area (Å²) in [5.41, 5.74) is 5.68. The van der Waals surface area contributed by atoms with Crippen LogP contribution in [-0.2, 0) is 9.59 Å². The summed E-state index contributed by atoms with van der Waals surface area (Å²) in [6.07, 6.45) is 3.46. The van der Waals surface area contributed by atoms with Gasteiger partial charge in [0.1, 0.15) is 0 Å². The summed E-state index contributed by atoms with van der Waals surface area (Å²) in [5, 5.41) is 2.84. The smallest absolute Gasteiger partial charge is 0.232 e. The molecular formula is C14H25N3O2S. The normalized spacial score (nSPS) is 17.6. The number of nitrogens with one attached hydrogen (secondary N) is 1. The summed E-state index contributed by atoms with van der Waals surface area (Å²) in [7, 11) is 0. The van der Waals surface area contributed by atoms with E-state index in [9.17, 15) is 9.59 Å². The van der Waals surface area contributed by atoms with Crippen LogP contribution in [0, 0.1) is 11.8 Å². The lowest BCUT2D eigenvalue weighted by molar-refractivity contribution is -0.135. The molecule has 3 N–H and O–H groups in total. The zero-order chi connectivity index (χ0) is 15.1. The Morgan fingerprint density at radius 1 is 1.40 bits per heavy atom. The van der Waals surface area contributed by atoms with Gasteiger partial charge in [0.2, 0.25) is 11.8 Å². The molecule has 114 valence electrons. The predicted octanol–water partition coefficient (Wildman–Crippen LogP) is 1.06. The van der Waals surface area contributed by atoms with E-state index >= 15 is 0 Å². The Bertz CT molecular complexity index is 365. The molecule has 0 bridgehead atoms. The fraction of sp³-hybridized carbons (Fsp3) is 0.786. The molecule has 2 amide bonds. The minimum atomic E-state index is -0.318. The van der Waals surface area contributed by atoms with Crippen molar-refractivity contribution >= 4 is 29.0 Å². The first-order valence-corrected chi connectivity index (χ1v) is 7.69. The molecule has 0 aromatic heterocycles. The molecule has 1 atom stereocenters. The summed E-state index contributed by atoms with van der Waals surface area (Å²) in [4.78, 5) is 25.5. The third-order valence-electron chi connectivity index (χ3n) is 3.78. The van der Waals surface area contributed by atoms with Gasteiger partial charge in [-0.1, -0.05) is 25.6 Å². The van der Waals surface area contributed by atoms with E-state index < -0.39 is 0 Å². The van der Waals surface area contributed by atoms with E-state index in [1.807, 2.05) is 11.8 Å². The number of nitrogens with two attached hydrogens (primary N) is 1. The van der Waals surface area contributed by atoms with Crippen molar-refractivity contribution in [2.75, 3.05) is 19.6 Å². The molecule has 1 aliphatic heterocycles. The number of amides is 2. The molecule has 1 aliphatic rings. The van der Waals surface area contributed by atoms with Crippen LogP contribution in [0.4, 0.5) is 0 Å². The second kappa shape index (κ2) is 8.19. The largest absolute Gasteiger partial charge is 0.393 e. The molecule has 0 radical (unpaired) electrons. The standard InChI is InChI=1S/C14H25N3O2S/c1-3-4-12(13(15)20)14(19)17-7-5-11(6-8-17)9-16-10(2)18/h11-12H,3-9H2,1-2H3,(H2,15,20)(H,16,18). The fourth-order valence-corrected chi connectivity index (χ4v) is 2.76. The number of rotatable bonds is 6. The molecule has 6 heteroatoms. The molecule has 1 fully saturated rings. The lowest BCUT2D eigenvalue weighted by atomic mass is 9.94. The highest BCUT2D eigenvalue weighted by Crippen LogP contribution is 2.20. The van der Waals surface area contributed by atoms with Crippen LogP contribution in [0.25, 0.3) is 0 Å². The highest BCUT2D eigenvalue weighted by atomic mass is 32.1. The molecule has 0 spiro atoms. The van der Waals surface area contributed by atoms with Gasteiger partial charge in [-0.15, -0.1) is 0 Å². The van der Waals surface area contributed by atoms with Gasteiger partial charge < -0.3 is 16.0 Å². The zero-order valence-electron chi connectivity index (χ0n) is 12.4. The molecule has 0 aromatic rings. The summed E-state index contributed by atoms with van der Waals surface area (Å²) in [5.74, 6) is 0.205. The van der Waals surface area contributed by atoms with E-state index in [0.717, 1.165) is 38.8 Å². The molecule has 1 heterocycles. The predicted molar refractivity (Wildman–Crippen MR) is 83.2 cm³/mol. The van der Waals surface area contributed by atoms with Crippen molar-refractivity contribution < 1.29 is 9.59 Å². The molecule has 0 saturated carbocycles. The third-order valence-corrected chi connectivity index (χ3v) is 4.07. The number of piperidine rings is 1. The van der Waals surface area contributed by atoms with Gasteiger partial charge in [-0.25, -0.2) is 0 Å². The minimum absolute atomic E-state index is 0.00000341. The van der Waals surface area contributed by atoms with E-state index in [-0.39, 0.29) is 17.7 Å². The van der Waals surface area contributed by atoms with Crippen LogP contribution in [0.3, 0.4) is 0 Å². The number of carbonyl (C=O) groups excluding carboxylic acids is 2. The first kappa shape index (κ1) is 16.9. The number of hydrogen-bond donors (Lipinski definition) is 2. The number of likely N-dealkylation sites (tertiary alicyclic amines) is 1. The van der Waals surface area contributed by atoms with Crippen LogP contribution in [0.5, 0.6) is 0 Å². The Morgan fingerprint density at radius 3 is 2.45 bits per heavy atom. The second-order valence-electron chi connectivity index (χ2n) is 5.45.